The number of pyridine rings is 1. The molecule has 0 atom stereocenters. The van der Waals surface area contributed by atoms with E-state index in [1.807, 2.05) is 0 Å². The molecular weight excluding hydrogens is 274 g/mol. The summed E-state index contributed by atoms with van der Waals surface area (Å²) >= 11 is 0. The van der Waals surface area contributed by atoms with Crippen molar-refractivity contribution in [1.82, 2.24) is 9.88 Å². The molecular formula is C14H19N3O4. The molecule has 1 aliphatic rings. The molecule has 1 saturated carbocycles. The molecule has 1 aliphatic carbocycles. The smallest absolute Gasteiger partial charge is 0.304 e. The van der Waals surface area contributed by atoms with Crippen LogP contribution in [0.15, 0.2) is 6.20 Å². The molecule has 0 aromatic carbocycles. The number of hydrogen-bond donors (Lipinski definition) is 1. The Morgan fingerprint density at radius 2 is 2.19 bits per heavy atom. The van der Waals surface area contributed by atoms with Gasteiger partial charge in [0, 0.05) is 36.5 Å². The van der Waals surface area contributed by atoms with E-state index in [1.54, 1.807) is 13.8 Å². The molecule has 0 radical (unpaired) electrons. The molecule has 2 rings (SSSR count). The van der Waals surface area contributed by atoms with Crippen LogP contribution in [0.5, 0.6) is 0 Å². The van der Waals surface area contributed by atoms with Crippen molar-refractivity contribution in [1.29, 1.82) is 0 Å². The highest BCUT2D eigenvalue weighted by atomic mass is 16.6. The van der Waals surface area contributed by atoms with Crippen molar-refractivity contribution in [3.05, 3.63) is 33.1 Å². The number of nitro groups is 1. The van der Waals surface area contributed by atoms with Gasteiger partial charge in [0.25, 0.3) is 5.69 Å². The van der Waals surface area contributed by atoms with Crippen molar-refractivity contribution in [3.63, 3.8) is 0 Å². The van der Waals surface area contributed by atoms with Gasteiger partial charge in [-0.05, 0) is 26.7 Å². The Bertz CT molecular complexity index is 570. The highest BCUT2D eigenvalue weighted by Gasteiger charge is 2.30. The molecule has 0 spiro atoms. The lowest BCUT2D eigenvalue weighted by Crippen LogP contribution is -2.29. The Morgan fingerprint density at radius 1 is 1.52 bits per heavy atom. The number of aliphatic carboxylic acids is 1. The number of hydrogen-bond acceptors (Lipinski definition) is 5. The van der Waals surface area contributed by atoms with E-state index < -0.39 is 5.97 Å². The predicted octanol–water partition coefficient (Wildman–Crippen LogP) is 2.05. The van der Waals surface area contributed by atoms with E-state index in [0.29, 0.717) is 36.0 Å². The Labute approximate surface area is 122 Å². The van der Waals surface area contributed by atoms with Crippen LogP contribution in [0.1, 0.15) is 36.1 Å². The standard InChI is InChI=1S/C14H19N3O4/c1-9-7-15-12(10(2)14(9)17(20)21)8-16(11-3-4-11)6-5-13(18)19/h7,11H,3-6,8H2,1-2H3,(H,18,19). The molecule has 21 heavy (non-hydrogen) atoms. The second-order valence-corrected chi connectivity index (χ2v) is 5.46. The normalized spacial score (nSPS) is 14.4. The third-order valence-electron chi connectivity index (χ3n) is 3.79. The van der Waals surface area contributed by atoms with Crippen molar-refractivity contribution in [2.24, 2.45) is 0 Å². The lowest BCUT2D eigenvalue weighted by Gasteiger charge is -2.21. The van der Waals surface area contributed by atoms with E-state index in [1.165, 1.54) is 6.20 Å². The summed E-state index contributed by atoms with van der Waals surface area (Å²) < 4.78 is 0. The van der Waals surface area contributed by atoms with Crippen molar-refractivity contribution >= 4 is 11.7 Å². The van der Waals surface area contributed by atoms with E-state index in [4.69, 9.17) is 5.11 Å². The molecule has 1 fully saturated rings. The number of aryl methyl sites for hydroxylation is 1. The lowest BCUT2D eigenvalue weighted by atomic mass is 10.1. The van der Waals surface area contributed by atoms with E-state index in [0.717, 1.165) is 12.8 Å². The lowest BCUT2D eigenvalue weighted by molar-refractivity contribution is -0.386. The average molecular weight is 293 g/mol. The summed E-state index contributed by atoms with van der Waals surface area (Å²) in [7, 11) is 0. The fraction of sp³-hybridized carbons (Fsp3) is 0.571. The number of rotatable bonds is 7. The van der Waals surface area contributed by atoms with Gasteiger partial charge in [-0.15, -0.1) is 0 Å². The summed E-state index contributed by atoms with van der Waals surface area (Å²) in [6.45, 7) is 4.29. The van der Waals surface area contributed by atoms with Gasteiger partial charge < -0.3 is 5.11 Å². The fourth-order valence-electron chi connectivity index (χ4n) is 2.47. The number of carboxylic acid groups (broad SMARTS) is 1. The van der Waals surface area contributed by atoms with Crippen LogP contribution in [0.2, 0.25) is 0 Å². The van der Waals surface area contributed by atoms with Crippen LogP contribution in [0.3, 0.4) is 0 Å². The van der Waals surface area contributed by atoms with Gasteiger partial charge in [-0.2, -0.15) is 0 Å². The molecule has 0 aliphatic heterocycles. The maximum atomic E-state index is 11.1. The third kappa shape index (κ3) is 3.75. The quantitative estimate of drug-likeness (QED) is 0.610. The summed E-state index contributed by atoms with van der Waals surface area (Å²) in [6, 6.07) is 0.380. The zero-order chi connectivity index (χ0) is 15.6. The van der Waals surface area contributed by atoms with Gasteiger partial charge in [0.1, 0.15) is 0 Å². The summed E-state index contributed by atoms with van der Waals surface area (Å²) in [6.07, 6.45) is 3.69. The van der Waals surface area contributed by atoms with Gasteiger partial charge in [-0.1, -0.05) is 0 Å². The van der Waals surface area contributed by atoms with E-state index in [9.17, 15) is 14.9 Å². The second kappa shape index (κ2) is 6.17. The van der Waals surface area contributed by atoms with Crippen molar-refractivity contribution in [2.75, 3.05) is 6.54 Å². The molecule has 0 bridgehead atoms. The highest BCUT2D eigenvalue weighted by molar-refractivity contribution is 5.66. The van der Waals surface area contributed by atoms with Gasteiger partial charge in [-0.25, -0.2) is 0 Å². The van der Waals surface area contributed by atoms with Crippen molar-refractivity contribution in [2.45, 2.75) is 45.7 Å². The number of carbonyl (C=O) groups is 1. The summed E-state index contributed by atoms with van der Waals surface area (Å²) in [5, 5.41) is 19.9. The monoisotopic (exact) mass is 293 g/mol. The first-order valence-corrected chi connectivity index (χ1v) is 6.95. The molecule has 1 N–H and O–H groups in total. The Hall–Kier alpha value is -2.02. The number of aromatic nitrogens is 1. The van der Waals surface area contributed by atoms with Crippen molar-refractivity contribution < 1.29 is 14.8 Å². The second-order valence-electron chi connectivity index (χ2n) is 5.46. The summed E-state index contributed by atoms with van der Waals surface area (Å²) in [5.74, 6) is -0.833. The molecule has 1 heterocycles. The van der Waals surface area contributed by atoms with Crippen LogP contribution in [0.25, 0.3) is 0 Å². The fourth-order valence-corrected chi connectivity index (χ4v) is 2.47. The largest absolute Gasteiger partial charge is 0.481 e. The average Bonchev–Trinajstić information content (AvgIpc) is 3.20. The number of carboxylic acids is 1. The molecule has 1 aromatic heterocycles. The molecule has 114 valence electrons. The maximum absolute atomic E-state index is 11.1. The molecule has 1 aromatic rings. The number of nitrogens with zero attached hydrogens (tertiary/aromatic N) is 3. The first kappa shape index (κ1) is 15.4. The van der Waals surface area contributed by atoms with Crippen LogP contribution in [-0.2, 0) is 11.3 Å². The Kier molecular flexibility index (Phi) is 4.52. The minimum absolute atomic E-state index is 0.0729. The van der Waals surface area contributed by atoms with Crippen molar-refractivity contribution in [3.8, 4) is 0 Å². The molecule has 7 heteroatoms. The third-order valence-corrected chi connectivity index (χ3v) is 3.79. The maximum Gasteiger partial charge on any atom is 0.304 e. The zero-order valence-electron chi connectivity index (χ0n) is 12.2. The summed E-state index contributed by atoms with van der Waals surface area (Å²) in [4.78, 5) is 27.8. The highest BCUT2D eigenvalue weighted by Crippen LogP contribution is 2.30. The van der Waals surface area contributed by atoms with E-state index >= 15 is 0 Å². The predicted molar refractivity (Wildman–Crippen MR) is 76.1 cm³/mol. The Morgan fingerprint density at radius 3 is 2.71 bits per heavy atom. The van der Waals surface area contributed by atoms with E-state index in [2.05, 4.69) is 9.88 Å². The van der Waals surface area contributed by atoms with Gasteiger partial charge in [0.15, 0.2) is 0 Å². The van der Waals surface area contributed by atoms with Gasteiger partial charge in [-0.3, -0.25) is 24.8 Å². The van der Waals surface area contributed by atoms with Gasteiger partial charge in [0.05, 0.1) is 17.0 Å². The molecule has 7 nitrogen and oxygen atoms in total. The molecule has 0 unspecified atom stereocenters. The van der Waals surface area contributed by atoms with Crippen LogP contribution >= 0.6 is 0 Å². The minimum Gasteiger partial charge on any atom is -0.481 e. The van der Waals surface area contributed by atoms with Gasteiger partial charge >= 0.3 is 5.97 Å². The zero-order valence-corrected chi connectivity index (χ0v) is 12.2. The minimum atomic E-state index is -0.833. The SMILES string of the molecule is Cc1cnc(CN(CCC(=O)O)C2CC2)c(C)c1[N+](=O)[O-]. The van der Waals surface area contributed by atoms with Crippen LogP contribution in [0, 0.1) is 24.0 Å². The first-order chi connectivity index (χ1) is 9.90. The Balaban J connectivity index is 2.18. The van der Waals surface area contributed by atoms with E-state index in [-0.39, 0.29) is 17.0 Å². The summed E-state index contributed by atoms with van der Waals surface area (Å²) in [5.41, 5.74) is 1.88. The van der Waals surface area contributed by atoms with Gasteiger partial charge in [0.2, 0.25) is 0 Å². The van der Waals surface area contributed by atoms with Crippen LogP contribution in [-0.4, -0.2) is 38.5 Å². The first-order valence-electron chi connectivity index (χ1n) is 6.95. The van der Waals surface area contributed by atoms with Crippen LogP contribution < -0.4 is 0 Å². The van der Waals surface area contributed by atoms with Crippen LogP contribution in [0.4, 0.5) is 5.69 Å². The molecule has 0 amide bonds. The topological polar surface area (TPSA) is 96.6 Å². The molecule has 0 saturated heterocycles.